The van der Waals surface area contributed by atoms with Crippen molar-refractivity contribution in [3.63, 3.8) is 0 Å². The fourth-order valence-electron chi connectivity index (χ4n) is 8.45. The molecule has 0 amide bonds. The third-order valence-corrected chi connectivity index (χ3v) is 11.8. The number of aliphatic hydroxyl groups is 4. The first kappa shape index (κ1) is 47.8. The molecule has 0 radical (unpaired) electrons. The highest BCUT2D eigenvalue weighted by Gasteiger charge is 2.52. The summed E-state index contributed by atoms with van der Waals surface area (Å²) < 4.78 is 49.5. The molecule has 57 heavy (non-hydrogen) atoms. The number of hydrogen-bond donors (Lipinski definition) is 5. The Morgan fingerprint density at radius 3 is 2.26 bits per heavy atom. The van der Waals surface area contributed by atoms with E-state index in [1.165, 1.54) is 14.0 Å². The van der Waals surface area contributed by atoms with Crippen molar-refractivity contribution >= 4 is 12.3 Å². The molecule has 328 valence electrons. The van der Waals surface area contributed by atoms with Gasteiger partial charge >= 0.3 is 5.97 Å². The molecule has 6 N–H and O–H groups in total. The fourth-order valence-corrected chi connectivity index (χ4v) is 8.45. The third-order valence-electron chi connectivity index (χ3n) is 11.8. The van der Waals surface area contributed by atoms with E-state index in [0.717, 1.165) is 12.7 Å². The van der Waals surface area contributed by atoms with Gasteiger partial charge in [0.2, 0.25) is 0 Å². The largest absolute Gasteiger partial charge is 0.462 e. The predicted molar refractivity (Wildman–Crippen MR) is 207 cm³/mol. The van der Waals surface area contributed by atoms with E-state index in [0.29, 0.717) is 19.3 Å². The van der Waals surface area contributed by atoms with E-state index in [9.17, 15) is 30.0 Å². The highest BCUT2D eigenvalue weighted by atomic mass is 16.7. The number of aliphatic hydroxyl groups excluding tert-OH is 3. The maximum Gasteiger partial charge on any atom is 0.308 e. The van der Waals surface area contributed by atoms with Crippen molar-refractivity contribution in [2.75, 3.05) is 21.2 Å². The molecule has 0 saturated carbocycles. The maximum atomic E-state index is 13.0. The number of likely N-dealkylation sites (N-methyl/N-ethyl adjacent to an activating group) is 1. The van der Waals surface area contributed by atoms with Crippen LogP contribution in [0.1, 0.15) is 86.5 Å². The van der Waals surface area contributed by atoms with Crippen LogP contribution >= 0.6 is 0 Å². The van der Waals surface area contributed by atoms with Gasteiger partial charge < -0.3 is 73.7 Å². The van der Waals surface area contributed by atoms with E-state index in [1.807, 2.05) is 38.2 Å². The molecule has 19 atom stereocenters. The number of allylic oxidation sites excluding steroid dienone is 2. The quantitative estimate of drug-likeness (QED) is 0.157. The van der Waals surface area contributed by atoms with Crippen LogP contribution in [0.15, 0.2) is 24.3 Å². The molecule has 16 heteroatoms. The molecule has 0 bridgehead atoms. The van der Waals surface area contributed by atoms with Crippen molar-refractivity contribution in [1.82, 2.24) is 4.90 Å². The first-order chi connectivity index (χ1) is 26.9. The number of rotatable bonds is 10. The summed E-state index contributed by atoms with van der Waals surface area (Å²) in [4.78, 5) is 27.2. The summed E-state index contributed by atoms with van der Waals surface area (Å²) >= 11 is 0. The van der Waals surface area contributed by atoms with Gasteiger partial charge in [-0.05, 0) is 79.8 Å². The molecule has 4 aliphatic rings. The lowest BCUT2D eigenvalue weighted by Gasteiger charge is -2.50. The summed E-state index contributed by atoms with van der Waals surface area (Å²) in [6, 6.07) is -0.821. The lowest BCUT2D eigenvalue weighted by atomic mass is 9.82. The Morgan fingerprint density at radius 1 is 0.930 bits per heavy atom. The number of aldehydes is 1. The minimum atomic E-state index is -1.47. The molecule has 3 fully saturated rings. The Morgan fingerprint density at radius 2 is 1.63 bits per heavy atom. The smallest absolute Gasteiger partial charge is 0.308 e. The minimum absolute atomic E-state index is 0.0181. The van der Waals surface area contributed by atoms with E-state index in [1.54, 1.807) is 39.8 Å². The molecule has 1 unspecified atom stereocenters. The van der Waals surface area contributed by atoms with Crippen LogP contribution in [0.4, 0.5) is 0 Å². The van der Waals surface area contributed by atoms with E-state index < -0.39 is 110 Å². The Labute approximate surface area is 337 Å². The number of methoxy groups -OCH3 is 1. The van der Waals surface area contributed by atoms with Crippen molar-refractivity contribution in [3.05, 3.63) is 24.3 Å². The standard InChI is InChI=1S/C41H70N2O14/c1-22-19-27(17-18-44)37(57-40-35(47)34(43(7)8)36(25(4)54-40)56-33-21-41(6,49)39(48)26(5)53-33)38(50-9)29(45)20-31(46)51-23(2)13-11-10-12-14-30(22)55-32-16-15-28(42)24(3)52-32/h10-12,14,18,22-30,32-40,45,47-49H,13,15-17,19-21,42H2,1-9H3/b11-10+,14-12+/t22-,23-,24-,25-,26+,27+,28+,29-,30+,32-,33+,34-,35-,36-,37+,38?,39+,40+,41-/m1/s1. The van der Waals surface area contributed by atoms with Gasteiger partial charge in [-0.1, -0.05) is 31.2 Å². The number of carbonyl (C=O) groups is 2. The lowest BCUT2D eigenvalue weighted by Crippen LogP contribution is -2.65. The normalized spacial score (nSPS) is 46.9. The Balaban J connectivity index is 1.66. The third kappa shape index (κ3) is 12.8. The molecule has 0 aliphatic carbocycles. The molecular formula is C41H70N2O14. The number of cyclic esters (lactones) is 1. The first-order valence-corrected chi connectivity index (χ1v) is 20.5. The Hall–Kier alpha value is -1.90. The minimum Gasteiger partial charge on any atom is -0.462 e. The number of esters is 1. The van der Waals surface area contributed by atoms with Crippen LogP contribution in [0.3, 0.4) is 0 Å². The maximum absolute atomic E-state index is 13.0. The number of nitrogens with zero attached hydrogens (tertiary/aromatic N) is 1. The van der Waals surface area contributed by atoms with Gasteiger partial charge in [-0.2, -0.15) is 0 Å². The fraction of sp³-hybridized carbons (Fsp3) is 0.854. The molecule has 3 saturated heterocycles. The van der Waals surface area contributed by atoms with Gasteiger partial charge in [0.1, 0.15) is 36.8 Å². The zero-order valence-electron chi connectivity index (χ0n) is 35.1. The van der Waals surface area contributed by atoms with Crippen LogP contribution in [0, 0.1) is 11.8 Å². The summed E-state index contributed by atoms with van der Waals surface area (Å²) in [6.07, 6.45) is -2.20. The monoisotopic (exact) mass is 814 g/mol. The summed E-state index contributed by atoms with van der Waals surface area (Å²) in [6.45, 7) is 10.6. The van der Waals surface area contributed by atoms with Gasteiger partial charge in [0.05, 0.1) is 54.7 Å². The second-order valence-corrected chi connectivity index (χ2v) is 16.9. The van der Waals surface area contributed by atoms with Crippen LogP contribution in [0.25, 0.3) is 0 Å². The lowest BCUT2D eigenvalue weighted by molar-refractivity contribution is -0.344. The highest BCUT2D eigenvalue weighted by molar-refractivity contribution is 5.70. The molecule has 4 aliphatic heterocycles. The summed E-state index contributed by atoms with van der Waals surface area (Å²) in [7, 11) is 4.93. The zero-order valence-corrected chi connectivity index (χ0v) is 35.1. The van der Waals surface area contributed by atoms with Crippen molar-refractivity contribution in [2.45, 2.75) is 190 Å². The average molecular weight is 815 g/mol. The van der Waals surface area contributed by atoms with Gasteiger partial charge in [-0.15, -0.1) is 0 Å². The molecule has 0 spiro atoms. The van der Waals surface area contributed by atoms with Crippen molar-refractivity contribution in [2.24, 2.45) is 17.6 Å². The molecule has 0 aromatic heterocycles. The van der Waals surface area contributed by atoms with E-state index in [-0.39, 0.29) is 30.9 Å². The molecule has 0 aromatic rings. The van der Waals surface area contributed by atoms with Gasteiger partial charge in [-0.3, -0.25) is 4.79 Å². The Bertz CT molecular complexity index is 1320. The van der Waals surface area contributed by atoms with Gasteiger partial charge in [0.25, 0.3) is 0 Å². The topological polar surface area (TPSA) is 218 Å². The number of ether oxygens (including phenoxy) is 8. The van der Waals surface area contributed by atoms with Gasteiger partial charge in [0, 0.05) is 32.4 Å². The van der Waals surface area contributed by atoms with Crippen molar-refractivity contribution in [3.8, 4) is 0 Å². The van der Waals surface area contributed by atoms with Crippen molar-refractivity contribution in [1.29, 1.82) is 0 Å². The first-order valence-electron chi connectivity index (χ1n) is 20.5. The molecule has 4 heterocycles. The van der Waals surface area contributed by atoms with Crippen LogP contribution < -0.4 is 5.73 Å². The van der Waals surface area contributed by atoms with E-state index >= 15 is 0 Å². The van der Waals surface area contributed by atoms with Crippen LogP contribution in [0.5, 0.6) is 0 Å². The van der Waals surface area contributed by atoms with Crippen molar-refractivity contribution < 1.29 is 67.9 Å². The zero-order chi connectivity index (χ0) is 42.2. The van der Waals surface area contributed by atoms with Crippen LogP contribution in [-0.4, -0.2) is 162 Å². The number of nitrogens with two attached hydrogens (primary N) is 1. The van der Waals surface area contributed by atoms with E-state index in [2.05, 4.69) is 0 Å². The number of hydrogen-bond acceptors (Lipinski definition) is 16. The SMILES string of the molecule is COC1[C@H](O)CC(=O)O[C@H](C)C/C=C/C=C/[C@H](O[C@@H]2CC[C@H](N)[C@@H](C)O2)[C@H](C)C[C@H](CC=O)[C@@H]1O[C@@H]1O[C@H](C)[C@@H](O[C@H]2C[C@@](C)(O)[C@@H](O)[C@H](C)O2)[C@H](N(C)C)[C@H]1O. The molecular weight excluding hydrogens is 744 g/mol. The molecule has 16 nitrogen and oxygen atoms in total. The summed E-state index contributed by atoms with van der Waals surface area (Å²) in [5.74, 6) is -1.50. The second kappa shape index (κ2) is 21.6. The molecule has 4 rings (SSSR count). The average Bonchev–Trinajstić information content (AvgIpc) is 3.12. The summed E-state index contributed by atoms with van der Waals surface area (Å²) in [5, 5.41) is 44.9. The molecule has 0 aromatic carbocycles. The van der Waals surface area contributed by atoms with Gasteiger partial charge in [-0.25, -0.2) is 0 Å². The van der Waals surface area contributed by atoms with E-state index in [4.69, 9.17) is 43.6 Å². The summed E-state index contributed by atoms with van der Waals surface area (Å²) in [5.41, 5.74) is 4.73. The number of carbonyl (C=O) groups excluding carboxylic acids is 2. The van der Waals surface area contributed by atoms with Gasteiger partial charge in [0.15, 0.2) is 18.9 Å². The Kier molecular flexibility index (Phi) is 18.1. The van der Waals surface area contributed by atoms with Crippen LogP contribution in [-0.2, 0) is 47.5 Å². The highest BCUT2D eigenvalue weighted by Crippen LogP contribution is 2.37. The predicted octanol–water partition coefficient (Wildman–Crippen LogP) is 1.72. The van der Waals surface area contributed by atoms with Crippen LogP contribution in [0.2, 0.25) is 0 Å². The second-order valence-electron chi connectivity index (χ2n) is 16.9.